The molecule has 0 aromatic heterocycles. The summed E-state index contributed by atoms with van der Waals surface area (Å²) in [6.45, 7) is 3.19. The lowest BCUT2D eigenvalue weighted by molar-refractivity contribution is -0.122. The van der Waals surface area contributed by atoms with Crippen LogP contribution in [0.5, 0.6) is 5.75 Å². The van der Waals surface area contributed by atoms with E-state index in [9.17, 15) is 9.59 Å². The topological polar surface area (TPSA) is 58.6 Å². The van der Waals surface area contributed by atoms with Gasteiger partial charge in [-0.3, -0.25) is 9.59 Å². The van der Waals surface area contributed by atoms with Gasteiger partial charge in [0.25, 0.3) is 11.8 Å². The van der Waals surface area contributed by atoms with Crippen molar-refractivity contribution >= 4 is 40.7 Å². The third-order valence-electron chi connectivity index (χ3n) is 4.84. The minimum atomic E-state index is -0.779. The van der Waals surface area contributed by atoms with Crippen LogP contribution in [0, 0.1) is 0 Å². The SMILES string of the molecule is CC(Oc1ccc(Cl)cc1Cl)C(=O)Nc1cccc(C(=O)N2CCCCCC2)c1. The van der Waals surface area contributed by atoms with Crippen LogP contribution in [0.2, 0.25) is 10.0 Å². The van der Waals surface area contributed by atoms with Crippen molar-refractivity contribution in [2.45, 2.75) is 38.7 Å². The number of hydrogen-bond acceptors (Lipinski definition) is 3. The summed E-state index contributed by atoms with van der Waals surface area (Å²) in [5, 5.41) is 3.63. The highest BCUT2D eigenvalue weighted by molar-refractivity contribution is 6.35. The smallest absolute Gasteiger partial charge is 0.265 e. The van der Waals surface area contributed by atoms with E-state index < -0.39 is 6.10 Å². The van der Waals surface area contributed by atoms with E-state index in [1.807, 2.05) is 4.90 Å². The molecule has 1 aliphatic heterocycles. The Morgan fingerprint density at radius 2 is 1.76 bits per heavy atom. The van der Waals surface area contributed by atoms with Gasteiger partial charge < -0.3 is 15.0 Å². The number of benzene rings is 2. The van der Waals surface area contributed by atoms with Crippen molar-refractivity contribution in [2.75, 3.05) is 18.4 Å². The van der Waals surface area contributed by atoms with E-state index in [0.717, 1.165) is 38.8 Å². The Morgan fingerprint density at radius 1 is 1.03 bits per heavy atom. The van der Waals surface area contributed by atoms with E-state index in [-0.39, 0.29) is 11.8 Å². The molecule has 1 N–H and O–H groups in total. The second kappa shape index (κ2) is 9.99. The predicted molar refractivity (Wildman–Crippen MR) is 116 cm³/mol. The Morgan fingerprint density at radius 3 is 2.45 bits per heavy atom. The summed E-state index contributed by atoms with van der Waals surface area (Å²) in [6, 6.07) is 11.8. The maximum atomic E-state index is 12.8. The van der Waals surface area contributed by atoms with Crippen LogP contribution in [0.3, 0.4) is 0 Å². The van der Waals surface area contributed by atoms with Crippen LogP contribution < -0.4 is 10.1 Å². The predicted octanol–water partition coefficient (Wildman–Crippen LogP) is 5.42. The minimum absolute atomic E-state index is 0.000225. The van der Waals surface area contributed by atoms with Gasteiger partial charge >= 0.3 is 0 Å². The number of halogens is 2. The first-order valence-electron chi connectivity index (χ1n) is 9.76. The Bertz CT molecular complexity index is 880. The second-order valence-electron chi connectivity index (χ2n) is 7.11. The summed E-state index contributed by atoms with van der Waals surface area (Å²) in [7, 11) is 0. The average Bonchev–Trinajstić information content (AvgIpc) is 2.99. The first kappa shape index (κ1) is 21.5. The molecule has 0 radical (unpaired) electrons. The molecule has 0 spiro atoms. The van der Waals surface area contributed by atoms with E-state index in [1.54, 1.807) is 49.4 Å². The Labute approximate surface area is 180 Å². The van der Waals surface area contributed by atoms with Gasteiger partial charge in [-0.15, -0.1) is 0 Å². The first-order chi connectivity index (χ1) is 13.9. The molecule has 1 atom stereocenters. The molecule has 154 valence electrons. The normalized spacial score (nSPS) is 15.3. The molecule has 2 aromatic carbocycles. The van der Waals surface area contributed by atoms with Crippen LogP contribution in [0.1, 0.15) is 43.0 Å². The van der Waals surface area contributed by atoms with E-state index >= 15 is 0 Å². The van der Waals surface area contributed by atoms with Gasteiger partial charge in [-0.25, -0.2) is 0 Å². The summed E-state index contributed by atoms with van der Waals surface area (Å²) in [5.74, 6) is 0.0411. The van der Waals surface area contributed by atoms with E-state index in [0.29, 0.717) is 27.0 Å². The number of nitrogens with one attached hydrogen (secondary N) is 1. The van der Waals surface area contributed by atoms with Gasteiger partial charge in [0.2, 0.25) is 0 Å². The molecule has 0 bridgehead atoms. The number of ether oxygens (including phenoxy) is 1. The Kier molecular flexibility index (Phi) is 7.40. The third-order valence-corrected chi connectivity index (χ3v) is 5.37. The standard InChI is InChI=1S/C22H24Cl2N2O3/c1-15(29-20-10-9-17(23)14-19(20)24)21(27)25-18-8-6-7-16(13-18)22(28)26-11-4-2-3-5-12-26/h6-10,13-15H,2-5,11-12H2,1H3,(H,25,27). The lowest BCUT2D eigenvalue weighted by atomic mass is 10.1. The van der Waals surface area contributed by atoms with Crippen molar-refractivity contribution in [1.82, 2.24) is 4.90 Å². The third kappa shape index (κ3) is 5.87. The largest absolute Gasteiger partial charge is 0.479 e. The van der Waals surface area contributed by atoms with Crippen molar-refractivity contribution in [1.29, 1.82) is 0 Å². The number of rotatable bonds is 5. The zero-order chi connectivity index (χ0) is 20.8. The van der Waals surface area contributed by atoms with Crippen LogP contribution in [0.4, 0.5) is 5.69 Å². The molecular formula is C22H24Cl2N2O3. The molecule has 1 aliphatic rings. The van der Waals surface area contributed by atoms with Crippen molar-refractivity contribution < 1.29 is 14.3 Å². The molecule has 5 nitrogen and oxygen atoms in total. The molecule has 2 amide bonds. The highest BCUT2D eigenvalue weighted by atomic mass is 35.5. The average molecular weight is 435 g/mol. The van der Waals surface area contributed by atoms with Gasteiger partial charge in [0, 0.05) is 29.4 Å². The number of nitrogens with zero attached hydrogens (tertiary/aromatic N) is 1. The van der Waals surface area contributed by atoms with Gasteiger partial charge in [-0.05, 0) is 56.2 Å². The van der Waals surface area contributed by atoms with E-state index in [2.05, 4.69) is 5.32 Å². The fraction of sp³-hybridized carbons (Fsp3) is 0.364. The number of hydrogen-bond donors (Lipinski definition) is 1. The minimum Gasteiger partial charge on any atom is -0.479 e. The van der Waals surface area contributed by atoms with Crippen molar-refractivity contribution in [3.8, 4) is 5.75 Å². The van der Waals surface area contributed by atoms with Gasteiger partial charge in [0.15, 0.2) is 6.10 Å². The van der Waals surface area contributed by atoms with Crippen LogP contribution >= 0.6 is 23.2 Å². The number of carbonyl (C=O) groups is 2. The molecular weight excluding hydrogens is 411 g/mol. The van der Waals surface area contributed by atoms with Crippen LogP contribution in [0.15, 0.2) is 42.5 Å². The summed E-state index contributed by atoms with van der Waals surface area (Å²) < 4.78 is 5.64. The summed E-state index contributed by atoms with van der Waals surface area (Å²) in [6.07, 6.45) is 3.61. The second-order valence-corrected chi connectivity index (χ2v) is 7.95. The molecule has 1 heterocycles. The lowest BCUT2D eigenvalue weighted by Gasteiger charge is -2.21. The first-order valence-corrected chi connectivity index (χ1v) is 10.5. The highest BCUT2D eigenvalue weighted by Gasteiger charge is 2.19. The number of amides is 2. The Hall–Kier alpha value is -2.24. The van der Waals surface area contributed by atoms with Gasteiger partial charge in [-0.2, -0.15) is 0 Å². The molecule has 0 aliphatic carbocycles. The molecule has 0 saturated carbocycles. The van der Waals surface area contributed by atoms with Crippen molar-refractivity contribution in [2.24, 2.45) is 0 Å². The molecule has 1 saturated heterocycles. The lowest BCUT2D eigenvalue weighted by Crippen LogP contribution is -2.32. The van der Waals surface area contributed by atoms with E-state index in [4.69, 9.17) is 27.9 Å². The van der Waals surface area contributed by atoms with Crippen LogP contribution in [0.25, 0.3) is 0 Å². The summed E-state index contributed by atoms with van der Waals surface area (Å²) in [5.41, 5.74) is 1.12. The fourth-order valence-electron chi connectivity index (χ4n) is 3.24. The molecule has 3 rings (SSSR count). The van der Waals surface area contributed by atoms with Crippen LogP contribution in [-0.2, 0) is 4.79 Å². The monoisotopic (exact) mass is 434 g/mol. The number of carbonyl (C=O) groups excluding carboxylic acids is 2. The Balaban J connectivity index is 1.64. The van der Waals surface area contributed by atoms with Crippen LogP contribution in [-0.4, -0.2) is 35.9 Å². The fourth-order valence-corrected chi connectivity index (χ4v) is 3.70. The quantitative estimate of drug-likeness (QED) is 0.683. The summed E-state index contributed by atoms with van der Waals surface area (Å²) >= 11 is 12.0. The van der Waals surface area contributed by atoms with Crippen molar-refractivity contribution in [3.05, 3.63) is 58.1 Å². The van der Waals surface area contributed by atoms with Gasteiger partial charge in [0.05, 0.1) is 5.02 Å². The highest BCUT2D eigenvalue weighted by Crippen LogP contribution is 2.28. The number of anilines is 1. The van der Waals surface area contributed by atoms with Gasteiger partial charge in [-0.1, -0.05) is 42.1 Å². The van der Waals surface area contributed by atoms with Crippen molar-refractivity contribution in [3.63, 3.8) is 0 Å². The molecule has 2 aromatic rings. The molecule has 29 heavy (non-hydrogen) atoms. The van der Waals surface area contributed by atoms with Gasteiger partial charge in [0.1, 0.15) is 5.75 Å². The maximum Gasteiger partial charge on any atom is 0.265 e. The maximum absolute atomic E-state index is 12.8. The molecule has 1 unspecified atom stereocenters. The summed E-state index contributed by atoms with van der Waals surface area (Å²) in [4.78, 5) is 27.2. The molecule has 1 fully saturated rings. The zero-order valence-corrected chi connectivity index (χ0v) is 17.8. The number of likely N-dealkylation sites (tertiary alicyclic amines) is 1. The van der Waals surface area contributed by atoms with E-state index in [1.165, 1.54) is 0 Å². The molecule has 7 heteroatoms. The zero-order valence-electron chi connectivity index (χ0n) is 16.3.